The minimum Gasteiger partial charge on any atom is -0.381 e. The molecule has 1 saturated carbocycles. The lowest BCUT2D eigenvalue weighted by Gasteiger charge is -2.10. The third kappa shape index (κ3) is 3.35. The second kappa shape index (κ2) is 6.33. The fourth-order valence-electron chi connectivity index (χ4n) is 2.61. The van der Waals surface area contributed by atoms with Gasteiger partial charge in [0, 0.05) is 19.6 Å². The molecule has 20 heavy (non-hydrogen) atoms. The number of benzene rings is 1. The average molecular weight is 289 g/mol. The van der Waals surface area contributed by atoms with E-state index >= 15 is 0 Å². The van der Waals surface area contributed by atoms with Gasteiger partial charge < -0.3 is 10.1 Å². The van der Waals surface area contributed by atoms with Gasteiger partial charge in [0.05, 0.1) is 6.10 Å². The zero-order valence-electron chi connectivity index (χ0n) is 11.6. The molecule has 1 aliphatic carbocycles. The average Bonchev–Trinajstić information content (AvgIpc) is 3.10. The molecule has 1 aromatic carbocycles. The summed E-state index contributed by atoms with van der Waals surface area (Å²) in [6.45, 7) is 0. The van der Waals surface area contributed by atoms with Gasteiger partial charge in [-0.1, -0.05) is 41.7 Å². The third-order valence-corrected chi connectivity index (χ3v) is 4.56. The molecule has 1 N–H and O–H groups in total. The first kappa shape index (κ1) is 13.5. The van der Waals surface area contributed by atoms with Crippen LogP contribution in [-0.4, -0.2) is 29.5 Å². The fraction of sp³-hybridized carbons (Fsp3) is 0.467. The molecule has 2 unspecified atom stereocenters. The minimum atomic E-state index is 0.393. The molecule has 1 aromatic heterocycles. The van der Waals surface area contributed by atoms with E-state index in [0.717, 1.165) is 35.8 Å². The second-order valence-electron chi connectivity index (χ2n) is 5.18. The molecule has 4 nitrogen and oxygen atoms in total. The fourth-order valence-corrected chi connectivity index (χ4v) is 3.46. The van der Waals surface area contributed by atoms with Gasteiger partial charge in [-0.2, -0.15) is 0 Å². The van der Waals surface area contributed by atoms with Gasteiger partial charge in [-0.15, -0.1) is 10.2 Å². The van der Waals surface area contributed by atoms with Crippen molar-refractivity contribution in [3.05, 3.63) is 40.9 Å². The predicted molar refractivity (Wildman–Crippen MR) is 81.2 cm³/mol. The highest BCUT2D eigenvalue weighted by atomic mass is 32.1. The molecule has 0 bridgehead atoms. The zero-order chi connectivity index (χ0) is 13.8. The van der Waals surface area contributed by atoms with Crippen LogP contribution in [0.5, 0.6) is 0 Å². The van der Waals surface area contributed by atoms with Crippen molar-refractivity contribution in [2.24, 2.45) is 0 Å². The minimum absolute atomic E-state index is 0.393. The van der Waals surface area contributed by atoms with Crippen molar-refractivity contribution < 1.29 is 4.74 Å². The van der Waals surface area contributed by atoms with Crippen molar-refractivity contribution in [1.82, 2.24) is 10.2 Å². The SMILES string of the molecule is COC1CCC(Nc2nnc(Cc3ccccc3)s2)C1. The summed E-state index contributed by atoms with van der Waals surface area (Å²) in [5.41, 5.74) is 1.27. The normalized spacial score (nSPS) is 22.1. The predicted octanol–water partition coefficient (Wildman–Crippen LogP) is 3.11. The molecule has 2 atom stereocenters. The van der Waals surface area contributed by atoms with Crippen molar-refractivity contribution >= 4 is 16.5 Å². The Morgan fingerprint density at radius 2 is 2.10 bits per heavy atom. The number of hydrogen-bond acceptors (Lipinski definition) is 5. The first-order valence-corrected chi connectivity index (χ1v) is 7.81. The van der Waals surface area contributed by atoms with Gasteiger partial charge in [0.25, 0.3) is 0 Å². The smallest absolute Gasteiger partial charge is 0.205 e. The van der Waals surface area contributed by atoms with E-state index < -0.39 is 0 Å². The van der Waals surface area contributed by atoms with Crippen molar-refractivity contribution in [1.29, 1.82) is 0 Å². The Kier molecular flexibility index (Phi) is 4.28. The van der Waals surface area contributed by atoms with E-state index in [1.807, 2.05) is 6.07 Å². The summed E-state index contributed by atoms with van der Waals surface area (Å²) >= 11 is 1.65. The Labute approximate surface area is 123 Å². The quantitative estimate of drug-likeness (QED) is 0.918. The molecular weight excluding hydrogens is 270 g/mol. The highest BCUT2D eigenvalue weighted by Gasteiger charge is 2.25. The number of ether oxygens (including phenoxy) is 1. The molecular formula is C15H19N3OS. The number of nitrogens with zero attached hydrogens (tertiary/aromatic N) is 2. The van der Waals surface area contributed by atoms with Crippen LogP contribution in [-0.2, 0) is 11.2 Å². The Hall–Kier alpha value is -1.46. The molecule has 1 heterocycles. The molecule has 106 valence electrons. The summed E-state index contributed by atoms with van der Waals surface area (Å²) in [7, 11) is 1.79. The van der Waals surface area contributed by atoms with Crippen molar-refractivity contribution in [2.75, 3.05) is 12.4 Å². The molecule has 5 heteroatoms. The number of methoxy groups -OCH3 is 1. The molecule has 3 rings (SSSR count). The van der Waals surface area contributed by atoms with Gasteiger partial charge in [0.2, 0.25) is 5.13 Å². The van der Waals surface area contributed by atoms with Gasteiger partial charge >= 0.3 is 0 Å². The van der Waals surface area contributed by atoms with Gasteiger partial charge in [-0.3, -0.25) is 0 Å². The summed E-state index contributed by atoms with van der Waals surface area (Å²) in [6.07, 6.45) is 4.58. The van der Waals surface area contributed by atoms with E-state index in [9.17, 15) is 0 Å². The van der Waals surface area contributed by atoms with Crippen LogP contribution in [0.4, 0.5) is 5.13 Å². The van der Waals surface area contributed by atoms with Crippen LogP contribution < -0.4 is 5.32 Å². The molecule has 0 radical (unpaired) electrons. The molecule has 0 spiro atoms. The van der Waals surface area contributed by atoms with Crippen LogP contribution in [0.2, 0.25) is 0 Å². The first-order chi connectivity index (χ1) is 9.83. The summed E-state index contributed by atoms with van der Waals surface area (Å²) in [5.74, 6) is 0. The van der Waals surface area contributed by atoms with Gasteiger partial charge in [0.1, 0.15) is 5.01 Å². The first-order valence-electron chi connectivity index (χ1n) is 6.99. The van der Waals surface area contributed by atoms with Crippen LogP contribution >= 0.6 is 11.3 Å². The van der Waals surface area contributed by atoms with E-state index in [2.05, 4.69) is 39.8 Å². The molecule has 0 saturated heterocycles. The van der Waals surface area contributed by atoms with E-state index in [4.69, 9.17) is 4.74 Å². The number of anilines is 1. The maximum atomic E-state index is 5.39. The van der Waals surface area contributed by atoms with E-state index in [0.29, 0.717) is 12.1 Å². The Morgan fingerprint density at radius 3 is 2.85 bits per heavy atom. The van der Waals surface area contributed by atoms with Crippen LogP contribution in [0.15, 0.2) is 30.3 Å². The maximum absolute atomic E-state index is 5.39. The standard InChI is InChI=1S/C15H19N3OS/c1-19-13-8-7-12(10-13)16-15-18-17-14(20-15)9-11-5-3-2-4-6-11/h2-6,12-13H,7-10H2,1H3,(H,16,18). The van der Waals surface area contributed by atoms with Crippen LogP contribution in [0, 0.1) is 0 Å². The number of nitrogens with one attached hydrogen (secondary N) is 1. The van der Waals surface area contributed by atoms with Crippen LogP contribution in [0.25, 0.3) is 0 Å². The number of aromatic nitrogens is 2. The third-order valence-electron chi connectivity index (χ3n) is 3.71. The molecule has 0 aliphatic heterocycles. The Bertz CT molecular complexity index is 543. The molecule has 1 aliphatic rings. The lowest BCUT2D eigenvalue weighted by molar-refractivity contribution is 0.108. The van der Waals surface area contributed by atoms with E-state index in [1.165, 1.54) is 5.56 Å². The summed E-state index contributed by atoms with van der Waals surface area (Å²) in [4.78, 5) is 0. The zero-order valence-corrected chi connectivity index (χ0v) is 12.4. The van der Waals surface area contributed by atoms with Crippen LogP contribution in [0.3, 0.4) is 0 Å². The molecule has 2 aromatic rings. The Morgan fingerprint density at radius 1 is 1.25 bits per heavy atom. The lowest BCUT2D eigenvalue weighted by atomic mass is 10.2. The molecule has 1 fully saturated rings. The largest absolute Gasteiger partial charge is 0.381 e. The van der Waals surface area contributed by atoms with Gasteiger partial charge in [-0.05, 0) is 24.8 Å². The highest BCUT2D eigenvalue weighted by molar-refractivity contribution is 7.15. The Balaban J connectivity index is 1.57. The van der Waals surface area contributed by atoms with Crippen LogP contribution in [0.1, 0.15) is 29.8 Å². The maximum Gasteiger partial charge on any atom is 0.205 e. The molecule has 0 amide bonds. The number of rotatable bonds is 5. The lowest BCUT2D eigenvalue weighted by Crippen LogP contribution is -2.17. The van der Waals surface area contributed by atoms with Crippen molar-refractivity contribution in [3.8, 4) is 0 Å². The summed E-state index contributed by atoms with van der Waals surface area (Å²) in [5, 5.41) is 14.0. The van der Waals surface area contributed by atoms with E-state index in [1.54, 1.807) is 18.4 Å². The summed E-state index contributed by atoms with van der Waals surface area (Å²) in [6, 6.07) is 10.8. The number of hydrogen-bond donors (Lipinski definition) is 1. The van der Waals surface area contributed by atoms with Crippen molar-refractivity contribution in [3.63, 3.8) is 0 Å². The van der Waals surface area contributed by atoms with Gasteiger partial charge in [-0.25, -0.2) is 0 Å². The van der Waals surface area contributed by atoms with E-state index in [-0.39, 0.29) is 0 Å². The topological polar surface area (TPSA) is 47.0 Å². The van der Waals surface area contributed by atoms with Gasteiger partial charge in [0.15, 0.2) is 0 Å². The monoisotopic (exact) mass is 289 g/mol. The second-order valence-corrected chi connectivity index (χ2v) is 6.24. The highest BCUT2D eigenvalue weighted by Crippen LogP contribution is 2.26. The van der Waals surface area contributed by atoms with Crippen molar-refractivity contribution in [2.45, 2.75) is 37.8 Å². The summed E-state index contributed by atoms with van der Waals surface area (Å²) < 4.78 is 5.39.